The average Bonchev–Trinajstić information content (AvgIpc) is 2.79. The molecular formula is C12H15N5O3. The minimum absolute atomic E-state index is 0.264. The lowest BCUT2D eigenvalue weighted by Crippen LogP contribution is -2.40. The summed E-state index contributed by atoms with van der Waals surface area (Å²) in [5.41, 5.74) is 1.31. The Kier molecular flexibility index (Phi) is 3.92. The Morgan fingerprint density at radius 2 is 2.25 bits per heavy atom. The van der Waals surface area contributed by atoms with E-state index in [0.717, 1.165) is 0 Å². The molecule has 0 saturated heterocycles. The summed E-state index contributed by atoms with van der Waals surface area (Å²) in [5.74, 6) is -1.53. The van der Waals surface area contributed by atoms with Gasteiger partial charge in [-0.1, -0.05) is 18.6 Å². The van der Waals surface area contributed by atoms with E-state index in [1.54, 1.807) is 7.05 Å². The third kappa shape index (κ3) is 2.73. The quantitative estimate of drug-likeness (QED) is 0.815. The van der Waals surface area contributed by atoms with Crippen LogP contribution in [0.4, 0.5) is 0 Å². The van der Waals surface area contributed by atoms with Crippen molar-refractivity contribution in [2.75, 3.05) is 0 Å². The number of rotatable bonds is 5. The van der Waals surface area contributed by atoms with Crippen molar-refractivity contribution >= 4 is 23.0 Å². The van der Waals surface area contributed by atoms with Gasteiger partial charge in [0.2, 0.25) is 0 Å². The van der Waals surface area contributed by atoms with Crippen molar-refractivity contribution in [1.29, 1.82) is 0 Å². The molecule has 0 aromatic carbocycles. The lowest BCUT2D eigenvalue weighted by atomic mass is 10.1. The zero-order chi connectivity index (χ0) is 14.7. The van der Waals surface area contributed by atoms with Crippen LogP contribution in [0, 0.1) is 0 Å². The van der Waals surface area contributed by atoms with Crippen molar-refractivity contribution < 1.29 is 14.7 Å². The van der Waals surface area contributed by atoms with E-state index in [1.165, 1.54) is 16.9 Å². The van der Waals surface area contributed by atoms with Crippen LogP contribution < -0.4 is 5.32 Å². The molecule has 0 bridgehead atoms. The molecule has 0 aliphatic heterocycles. The predicted molar refractivity (Wildman–Crippen MR) is 70.1 cm³/mol. The summed E-state index contributed by atoms with van der Waals surface area (Å²) < 4.78 is 1.49. The second kappa shape index (κ2) is 5.64. The smallest absolute Gasteiger partial charge is 0.326 e. The SMILES string of the molecule is CCCC(NC(=O)c1cnc2c(c1)nnn2C)C(=O)O. The maximum atomic E-state index is 12.0. The van der Waals surface area contributed by atoms with Gasteiger partial charge in [-0.05, 0) is 12.5 Å². The van der Waals surface area contributed by atoms with E-state index in [2.05, 4.69) is 20.6 Å². The largest absolute Gasteiger partial charge is 0.480 e. The van der Waals surface area contributed by atoms with E-state index in [4.69, 9.17) is 5.11 Å². The van der Waals surface area contributed by atoms with Crippen molar-refractivity contribution in [3.63, 3.8) is 0 Å². The van der Waals surface area contributed by atoms with Gasteiger partial charge in [-0.2, -0.15) is 0 Å². The number of carbonyl (C=O) groups excluding carboxylic acids is 1. The summed E-state index contributed by atoms with van der Waals surface area (Å²) in [6, 6.07) is 0.639. The van der Waals surface area contributed by atoms with E-state index < -0.39 is 17.9 Å². The predicted octanol–water partition coefficient (Wildman–Crippen LogP) is 0.346. The highest BCUT2D eigenvalue weighted by Crippen LogP contribution is 2.09. The minimum atomic E-state index is -1.05. The summed E-state index contributed by atoms with van der Waals surface area (Å²) in [7, 11) is 1.70. The fourth-order valence-electron chi connectivity index (χ4n) is 1.84. The first-order chi connectivity index (χ1) is 9.52. The first-order valence-electron chi connectivity index (χ1n) is 6.22. The molecule has 0 aliphatic rings. The molecule has 0 fully saturated rings. The maximum absolute atomic E-state index is 12.0. The molecular weight excluding hydrogens is 262 g/mol. The van der Waals surface area contributed by atoms with Gasteiger partial charge in [-0.3, -0.25) is 4.79 Å². The van der Waals surface area contributed by atoms with E-state index in [-0.39, 0.29) is 5.56 Å². The van der Waals surface area contributed by atoms with Crippen molar-refractivity contribution in [3.8, 4) is 0 Å². The first kappa shape index (κ1) is 13.9. The molecule has 2 heterocycles. The molecule has 8 nitrogen and oxygen atoms in total. The van der Waals surface area contributed by atoms with Gasteiger partial charge in [0.25, 0.3) is 5.91 Å². The number of pyridine rings is 1. The topological polar surface area (TPSA) is 110 Å². The Morgan fingerprint density at radius 3 is 2.90 bits per heavy atom. The fraction of sp³-hybridized carbons (Fsp3) is 0.417. The van der Waals surface area contributed by atoms with Gasteiger partial charge in [0, 0.05) is 13.2 Å². The summed E-state index contributed by atoms with van der Waals surface area (Å²) in [5, 5.41) is 19.2. The number of hydrogen-bond acceptors (Lipinski definition) is 5. The van der Waals surface area contributed by atoms with Crippen LogP contribution in [0.15, 0.2) is 12.3 Å². The van der Waals surface area contributed by atoms with Crippen molar-refractivity contribution in [3.05, 3.63) is 17.8 Å². The summed E-state index contributed by atoms with van der Waals surface area (Å²) in [6.45, 7) is 1.86. The number of carbonyl (C=O) groups is 2. The highest BCUT2D eigenvalue weighted by molar-refractivity contribution is 5.98. The molecule has 0 radical (unpaired) electrons. The van der Waals surface area contributed by atoms with E-state index in [0.29, 0.717) is 24.0 Å². The molecule has 1 amide bonds. The van der Waals surface area contributed by atoms with Gasteiger partial charge in [-0.25, -0.2) is 14.5 Å². The van der Waals surface area contributed by atoms with Gasteiger partial charge in [-0.15, -0.1) is 5.10 Å². The van der Waals surface area contributed by atoms with E-state index in [9.17, 15) is 9.59 Å². The number of carboxylic acid groups (broad SMARTS) is 1. The van der Waals surface area contributed by atoms with Crippen LogP contribution in [0.2, 0.25) is 0 Å². The number of amides is 1. The second-order valence-electron chi connectivity index (χ2n) is 4.43. The number of hydrogen-bond donors (Lipinski definition) is 2. The minimum Gasteiger partial charge on any atom is -0.480 e. The summed E-state index contributed by atoms with van der Waals surface area (Å²) in [6.07, 6.45) is 2.42. The molecule has 1 atom stereocenters. The molecule has 2 rings (SSSR count). The Labute approximate surface area is 114 Å². The molecule has 106 valence electrons. The molecule has 0 spiro atoms. The molecule has 2 N–H and O–H groups in total. The molecule has 2 aromatic heterocycles. The second-order valence-corrected chi connectivity index (χ2v) is 4.43. The molecule has 2 aromatic rings. The number of carboxylic acids is 1. The highest BCUT2D eigenvalue weighted by atomic mass is 16.4. The standard InChI is InChI=1S/C12H15N5O3/c1-3-4-8(12(19)20)14-11(18)7-5-9-10(13-6-7)17(2)16-15-9/h5-6,8H,3-4H2,1-2H3,(H,14,18)(H,19,20). The van der Waals surface area contributed by atoms with Crippen LogP contribution in [0.1, 0.15) is 30.1 Å². The van der Waals surface area contributed by atoms with Gasteiger partial charge >= 0.3 is 5.97 Å². The average molecular weight is 277 g/mol. The number of nitrogens with zero attached hydrogens (tertiary/aromatic N) is 4. The van der Waals surface area contributed by atoms with Gasteiger partial charge in [0.1, 0.15) is 11.6 Å². The van der Waals surface area contributed by atoms with Crippen molar-refractivity contribution in [1.82, 2.24) is 25.3 Å². The van der Waals surface area contributed by atoms with Crippen molar-refractivity contribution in [2.45, 2.75) is 25.8 Å². The van der Waals surface area contributed by atoms with Crippen LogP contribution in [-0.4, -0.2) is 43.0 Å². The number of fused-ring (bicyclic) bond motifs is 1. The zero-order valence-corrected chi connectivity index (χ0v) is 11.2. The number of nitrogens with one attached hydrogen (secondary N) is 1. The third-order valence-electron chi connectivity index (χ3n) is 2.88. The molecule has 8 heteroatoms. The van der Waals surface area contributed by atoms with Crippen LogP contribution >= 0.6 is 0 Å². The van der Waals surface area contributed by atoms with Gasteiger partial charge in [0.15, 0.2) is 5.65 Å². The van der Waals surface area contributed by atoms with Crippen molar-refractivity contribution in [2.24, 2.45) is 7.05 Å². The lowest BCUT2D eigenvalue weighted by molar-refractivity contribution is -0.139. The highest BCUT2D eigenvalue weighted by Gasteiger charge is 2.20. The van der Waals surface area contributed by atoms with Crippen LogP contribution in [0.3, 0.4) is 0 Å². The van der Waals surface area contributed by atoms with Gasteiger partial charge in [0.05, 0.1) is 5.56 Å². The Bertz CT molecular complexity index is 652. The molecule has 1 unspecified atom stereocenters. The zero-order valence-electron chi connectivity index (χ0n) is 11.2. The number of aliphatic carboxylic acids is 1. The Hall–Kier alpha value is -2.51. The van der Waals surface area contributed by atoms with Gasteiger partial charge < -0.3 is 10.4 Å². The molecule has 20 heavy (non-hydrogen) atoms. The summed E-state index contributed by atoms with van der Waals surface area (Å²) >= 11 is 0. The fourth-order valence-corrected chi connectivity index (χ4v) is 1.84. The van der Waals surface area contributed by atoms with E-state index in [1.807, 2.05) is 6.92 Å². The Balaban J connectivity index is 2.20. The normalized spacial score (nSPS) is 12.3. The number of aromatic nitrogens is 4. The van der Waals surface area contributed by atoms with Crippen LogP contribution in [0.5, 0.6) is 0 Å². The van der Waals surface area contributed by atoms with E-state index >= 15 is 0 Å². The molecule has 0 aliphatic carbocycles. The first-order valence-corrected chi connectivity index (χ1v) is 6.22. The Morgan fingerprint density at radius 1 is 1.50 bits per heavy atom. The molecule has 0 saturated carbocycles. The van der Waals surface area contributed by atoms with Crippen LogP contribution in [-0.2, 0) is 11.8 Å². The third-order valence-corrected chi connectivity index (χ3v) is 2.88. The number of aryl methyl sites for hydroxylation is 1. The lowest BCUT2D eigenvalue weighted by Gasteiger charge is -2.13. The maximum Gasteiger partial charge on any atom is 0.326 e. The monoisotopic (exact) mass is 277 g/mol. The summed E-state index contributed by atoms with van der Waals surface area (Å²) in [4.78, 5) is 27.1. The van der Waals surface area contributed by atoms with Crippen LogP contribution in [0.25, 0.3) is 11.2 Å².